The van der Waals surface area contributed by atoms with Crippen molar-refractivity contribution in [3.05, 3.63) is 11.1 Å². The Balaban J connectivity index is 3.31. The maximum absolute atomic E-state index is 8.72. The number of hydrogen-bond acceptors (Lipinski definition) is 1. The Morgan fingerprint density at radius 3 is 1.88 bits per heavy atom. The molecule has 0 rings (SSSR count). The Hall–Kier alpha value is -0.770. The van der Waals surface area contributed by atoms with Gasteiger partial charge in [-0.25, -0.2) is 0 Å². The van der Waals surface area contributed by atoms with Gasteiger partial charge in [0.1, 0.15) is 0 Å². The first-order valence-electron chi connectivity index (χ1n) is 6.78. The molecule has 0 N–H and O–H groups in total. The molecule has 0 aliphatic heterocycles. The molecular weight excluding hydrogens is 194 g/mol. The van der Waals surface area contributed by atoms with Crippen LogP contribution < -0.4 is 0 Å². The van der Waals surface area contributed by atoms with Crippen molar-refractivity contribution in [3.63, 3.8) is 0 Å². The second-order valence-corrected chi connectivity index (χ2v) is 4.74. The Morgan fingerprint density at radius 1 is 0.875 bits per heavy atom. The van der Waals surface area contributed by atoms with Crippen molar-refractivity contribution in [2.24, 2.45) is 0 Å². The van der Waals surface area contributed by atoms with E-state index in [4.69, 9.17) is 5.26 Å². The van der Waals surface area contributed by atoms with Gasteiger partial charge in [-0.05, 0) is 26.7 Å². The lowest BCUT2D eigenvalue weighted by molar-refractivity contribution is 0.574. The van der Waals surface area contributed by atoms with E-state index in [9.17, 15) is 0 Å². The lowest BCUT2D eigenvalue weighted by Gasteiger charge is -2.03. The van der Waals surface area contributed by atoms with E-state index in [0.717, 1.165) is 12.0 Å². The number of nitriles is 1. The van der Waals surface area contributed by atoms with Gasteiger partial charge in [0.2, 0.25) is 0 Å². The Bertz CT molecular complexity index is 232. The predicted octanol–water partition coefficient (Wildman–Crippen LogP) is 5.38. The van der Waals surface area contributed by atoms with Crippen LogP contribution in [0.25, 0.3) is 0 Å². The molecule has 0 radical (unpaired) electrons. The summed E-state index contributed by atoms with van der Waals surface area (Å²) in [6, 6.07) is 2.22. The molecule has 16 heavy (non-hydrogen) atoms. The highest BCUT2D eigenvalue weighted by Gasteiger charge is 1.96. The standard InChI is InChI=1S/C15H27N/c1-4-5-6-7-8-9-10-11-12-14(2)15(3)13-16/h4-12H2,1-3H3. The first kappa shape index (κ1) is 15.2. The van der Waals surface area contributed by atoms with Crippen molar-refractivity contribution in [2.45, 2.75) is 78.6 Å². The molecule has 0 aliphatic carbocycles. The molecule has 0 saturated heterocycles. The Kier molecular flexibility index (Phi) is 10.2. The fraction of sp³-hybridized carbons (Fsp3) is 0.800. The molecule has 0 bridgehead atoms. The monoisotopic (exact) mass is 221 g/mol. The second kappa shape index (κ2) is 10.7. The third-order valence-corrected chi connectivity index (χ3v) is 3.21. The summed E-state index contributed by atoms with van der Waals surface area (Å²) >= 11 is 0. The van der Waals surface area contributed by atoms with Gasteiger partial charge >= 0.3 is 0 Å². The number of hydrogen-bond donors (Lipinski definition) is 0. The van der Waals surface area contributed by atoms with Gasteiger partial charge in [0.15, 0.2) is 0 Å². The summed E-state index contributed by atoms with van der Waals surface area (Å²) in [7, 11) is 0. The van der Waals surface area contributed by atoms with Crippen LogP contribution in [0.15, 0.2) is 11.1 Å². The number of nitrogens with zero attached hydrogens (tertiary/aromatic N) is 1. The van der Waals surface area contributed by atoms with Crippen LogP contribution in [0.1, 0.15) is 78.6 Å². The van der Waals surface area contributed by atoms with Gasteiger partial charge in [0.05, 0.1) is 6.07 Å². The molecule has 0 unspecified atom stereocenters. The van der Waals surface area contributed by atoms with Crippen LogP contribution in [0.2, 0.25) is 0 Å². The van der Waals surface area contributed by atoms with E-state index < -0.39 is 0 Å². The first-order valence-corrected chi connectivity index (χ1v) is 6.78. The van der Waals surface area contributed by atoms with Crippen molar-refractivity contribution in [1.29, 1.82) is 5.26 Å². The van der Waals surface area contributed by atoms with Crippen molar-refractivity contribution in [2.75, 3.05) is 0 Å². The molecule has 0 aliphatic rings. The van der Waals surface area contributed by atoms with E-state index in [0.29, 0.717) is 0 Å². The molecule has 92 valence electrons. The fourth-order valence-corrected chi connectivity index (χ4v) is 1.81. The highest BCUT2D eigenvalue weighted by atomic mass is 14.2. The number of allylic oxidation sites excluding steroid dienone is 2. The van der Waals surface area contributed by atoms with E-state index in [2.05, 4.69) is 19.9 Å². The highest BCUT2D eigenvalue weighted by molar-refractivity contribution is 5.23. The van der Waals surface area contributed by atoms with Crippen LogP contribution in [-0.2, 0) is 0 Å². The summed E-state index contributed by atoms with van der Waals surface area (Å²) < 4.78 is 0. The van der Waals surface area contributed by atoms with Crippen molar-refractivity contribution >= 4 is 0 Å². The van der Waals surface area contributed by atoms with Crippen LogP contribution in [-0.4, -0.2) is 0 Å². The lowest BCUT2D eigenvalue weighted by Crippen LogP contribution is -1.85. The van der Waals surface area contributed by atoms with Crippen LogP contribution >= 0.6 is 0 Å². The normalized spacial score (nSPS) is 12.1. The molecule has 0 aromatic heterocycles. The van der Waals surface area contributed by atoms with E-state index in [1.165, 1.54) is 56.9 Å². The molecule has 0 heterocycles. The summed E-state index contributed by atoms with van der Waals surface area (Å²) in [6.07, 6.45) is 12.0. The van der Waals surface area contributed by atoms with Gasteiger partial charge in [-0.1, -0.05) is 57.4 Å². The van der Waals surface area contributed by atoms with Gasteiger partial charge in [-0.3, -0.25) is 0 Å². The SMILES string of the molecule is CCCCCCCCCCC(C)=C(C)C#N. The molecule has 1 heteroatoms. The van der Waals surface area contributed by atoms with E-state index in [-0.39, 0.29) is 0 Å². The third kappa shape index (κ3) is 8.53. The van der Waals surface area contributed by atoms with Gasteiger partial charge in [0, 0.05) is 5.57 Å². The lowest BCUT2D eigenvalue weighted by atomic mass is 10.0. The highest BCUT2D eigenvalue weighted by Crippen LogP contribution is 2.14. The fourth-order valence-electron chi connectivity index (χ4n) is 1.81. The van der Waals surface area contributed by atoms with Crippen LogP contribution in [0.5, 0.6) is 0 Å². The van der Waals surface area contributed by atoms with Gasteiger partial charge in [-0.2, -0.15) is 5.26 Å². The van der Waals surface area contributed by atoms with E-state index in [1.807, 2.05) is 6.92 Å². The summed E-state index contributed by atoms with van der Waals surface area (Å²) in [5, 5.41) is 8.72. The molecular formula is C15H27N. The molecule has 0 amide bonds. The predicted molar refractivity (Wildman–Crippen MR) is 71.2 cm³/mol. The second-order valence-electron chi connectivity index (χ2n) is 4.74. The summed E-state index contributed by atoms with van der Waals surface area (Å²) in [5.74, 6) is 0. The van der Waals surface area contributed by atoms with Crippen molar-refractivity contribution < 1.29 is 0 Å². The van der Waals surface area contributed by atoms with Crippen LogP contribution in [0.3, 0.4) is 0 Å². The zero-order chi connectivity index (χ0) is 12.2. The molecule has 1 nitrogen and oxygen atoms in total. The molecule has 0 aromatic rings. The van der Waals surface area contributed by atoms with E-state index in [1.54, 1.807) is 0 Å². The van der Waals surface area contributed by atoms with Crippen molar-refractivity contribution in [3.8, 4) is 6.07 Å². The molecule has 0 atom stereocenters. The first-order chi connectivity index (χ1) is 7.72. The average Bonchev–Trinajstić information content (AvgIpc) is 2.31. The minimum absolute atomic E-state index is 0.906. The van der Waals surface area contributed by atoms with Gasteiger partial charge < -0.3 is 0 Å². The number of unbranched alkanes of at least 4 members (excludes halogenated alkanes) is 7. The average molecular weight is 221 g/mol. The van der Waals surface area contributed by atoms with Crippen molar-refractivity contribution in [1.82, 2.24) is 0 Å². The smallest absolute Gasteiger partial charge is 0.0943 e. The molecule has 0 aromatic carbocycles. The molecule has 0 saturated carbocycles. The minimum atomic E-state index is 0.906. The quantitative estimate of drug-likeness (QED) is 0.379. The summed E-state index contributed by atoms with van der Waals surface area (Å²) in [5.41, 5.74) is 2.18. The zero-order valence-corrected chi connectivity index (χ0v) is 11.3. The molecule has 0 spiro atoms. The third-order valence-electron chi connectivity index (χ3n) is 3.21. The maximum Gasteiger partial charge on any atom is 0.0943 e. The zero-order valence-electron chi connectivity index (χ0n) is 11.3. The Labute approximate surface area is 102 Å². The Morgan fingerprint density at radius 2 is 1.38 bits per heavy atom. The van der Waals surface area contributed by atoms with Crippen LogP contribution in [0, 0.1) is 11.3 Å². The topological polar surface area (TPSA) is 23.8 Å². The molecule has 0 fully saturated rings. The summed E-state index contributed by atoms with van der Waals surface area (Å²) in [6.45, 7) is 6.26. The van der Waals surface area contributed by atoms with E-state index >= 15 is 0 Å². The van der Waals surface area contributed by atoms with Gasteiger partial charge in [0.25, 0.3) is 0 Å². The number of rotatable bonds is 9. The van der Waals surface area contributed by atoms with Gasteiger partial charge in [-0.15, -0.1) is 0 Å². The van der Waals surface area contributed by atoms with Crippen LogP contribution in [0.4, 0.5) is 0 Å². The minimum Gasteiger partial charge on any atom is -0.193 e. The maximum atomic E-state index is 8.72. The largest absolute Gasteiger partial charge is 0.193 e. The summed E-state index contributed by atoms with van der Waals surface area (Å²) in [4.78, 5) is 0.